The molecule has 0 amide bonds. The van der Waals surface area contributed by atoms with Gasteiger partial charge < -0.3 is 20.5 Å². The predicted molar refractivity (Wildman–Crippen MR) is 112 cm³/mol. The van der Waals surface area contributed by atoms with Gasteiger partial charge in [0.25, 0.3) is 0 Å². The highest BCUT2D eigenvalue weighted by atomic mass is 16.5. The SMILES string of the molecule is CCOC(=O)C(Nc1ccc(C(=N)N)cc1)c1ccc(OC(C)C)c(CC)c1. The monoisotopic (exact) mass is 383 g/mol. The minimum Gasteiger partial charge on any atom is -0.491 e. The van der Waals surface area contributed by atoms with Crippen molar-refractivity contribution in [1.82, 2.24) is 0 Å². The lowest BCUT2D eigenvalue weighted by atomic mass is 10.0. The first-order chi connectivity index (χ1) is 13.3. The Bertz CT molecular complexity index is 816. The number of anilines is 1. The maximum Gasteiger partial charge on any atom is 0.333 e. The van der Waals surface area contributed by atoms with Crippen molar-refractivity contribution >= 4 is 17.5 Å². The second-order valence-electron chi connectivity index (χ2n) is 6.71. The van der Waals surface area contributed by atoms with Crippen LogP contribution in [0.25, 0.3) is 0 Å². The molecule has 2 aromatic rings. The summed E-state index contributed by atoms with van der Waals surface area (Å²) < 4.78 is 11.1. The molecule has 150 valence electrons. The molecule has 0 aliphatic heterocycles. The van der Waals surface area contributed by atoms with Crippen LogP contribution < -0.4 is 15.8 Å². The van der Waals surface area contributed by atoms with Crippen molar-refractivity contribution in [3.8, 4) is 5.75 Å². The van der Waals surface area contributed by atoms with Gasteiger partial charge in [0.2, 0.25) is 0 Å². The average Bonchev–Trinajstić information content (AvgIpc) is 2.66. The summed E-state index contributed by atoms with van der Waals surface area (Å²) >= 11 is 0. The third-order valence-electron chi connectivity index (χ3n) is 4.19. The summed E-state index contributed by atoms with van der Waals surface area (Å²) in [7, 11) is 0. The van der Waals surface area contributed by atoms with Gasteiger partial charge in [0, 0.05) is 11.3 Å². The number of rotatable bonds is 9. The van der Waals surface area contributed by atoms with Crippen LogP contribution in [0.4, 0.5) is 5.69 Å². The molecule has 0 heterocycles. The van der Waals surface area contributed by atoms with Crippen LogP contribution in [0.5, 0.6) is 5.75 Å². The van der Waals surface area contributed by atoms with Gasteiger partial charge in [-0.15, -0.1) is 0 Å². The number of carbonyl (C=O) groups is 1. The first-order valence-electron chi connectivity index (χ1n) is 9.52. The van der Waals surface area contributed by atoms with Crippen LogP contribution in [0.15, 0.2) is 42.5 Å². The fourth-order valence-corrected chi connectivity index (χ4v) is 2.84. The highest BCUT2D eigenvalue weighted by Crippen LogP contribution is 2.28. The van der Waals surface area contributed by atoms with E-state index in [2.05, 4.69) is 12.2 Å². The number of nitrogens with two attached hydrogens (primary N) is 1. The first kappa shape index (κ1) is 21.3. The Labute approximate surface area is 166 Å². The number of carbonyl (C=O) groups excluding carboxylic acids is 1. The second-order valence-corrected chi connectivity index (χ2v) is 6.71. The summed E-state index contributed by atoms with van der Waals surface area (Å²) in [6, 6.07) is 12.2. The number of amidine groups is 1. The van der Waals surface area contributed by atoms with Gasteiger partial charge >= 0.3 is 5.97 Å². The highest BCUT2D eigenvalue weighted by Gasteiger charge is 2.23. The molecule has 28 heavy (non-hydrogen) atoms. The van der Waals surface area contributed by atoms with E-state index in [0.29, 0.717) is 12.2 Å². The first-order valence-corrected chi connectivity index (χ1v) is 9.52. The topological polar surface area (TPSA) is 97.4 Å². The quantitative estimate of drug-likeness (QED) is 0.345. The lowest BCUT2D eigenvalue weighted by Crippen LogP contribution is -2.24. The van der Waals surface area contributed by atoms with Gasteiger partial charge in [-0.3, -0.25) is 5.41 Å². The molecule has 0 aliphatic carbocycles. The molecule has 0 bridgehead atoms. The number of benzene rings is 2. The molecule has 0 spiro atoms. The fourth-order valence-electron chi connectivity index (χ4n) is 2.84. The summed E-state index contributed by atoms with van der Waals surface area (Å²) in [5, 5.41) is 10.7. The van der Waals surface area contributed by atoms with E-state index in [9.17, 15) is 4.79 Å². The largest absolute Gasteiger partial charge is 0.491 e. The number of hydrogen-bond donors (Lipinski definition) is 3. The minimum absolute atomic E-state index is 0.00169. The third-order valence-corrected chi connectivity index (χ3v) is 4.19. The van der Waals surface area contributed by atoms with Crippen LogP contribution in [-0.4, -0.2) is 24.5 Å². The van der Waals surface area contributed by atoms with Gasteiger partial charge in [0.1, 0.15) is 11.6 Å². The van der Waals surface area contributed by atoms with Gasteiger partial charge in [0.05, 0.1) is 12.7 Å². The fraction of sp³-hybridized carbons (Fsp3) is 0.364. The van der Waals surface area contributed by atoms with E-state index in [1.54, 1.807) is 31.2 Å². The maximum atomic E-state index is 12.6. The molecule has 0 fully saturated rings. The van der Waals surface area contributed by atoms with Crippen molar-refractivity contribution in [3.05, 3.63) is 59.2 Å². The molecule has 2 aromatic carbocycles. The van der Waals surface area contributed by atoms with Crippen molar-refractivity contribution in [2.24, 2.45) is 5.73 Å². The predicted octanol–water partition coefficient (Wildman–Crippen LogP) is 4.04. The van der Waals surface area contributed by atoms with Gasteiger partial charge in [-0.25, -0.2) is 4.79 Å². The molecule has 0 saturated carbocycles. The van der Waals surface area contributed by atoms with Crippen molar-refractivity contribution < 1.29 is 14.3 Å². The Kier molecular flexibility index (Phi) is 7.44. The van der Waals surface area contributed by atoms with Crippen LogP contribution in [-0.2, 0) is 16.0 Å². The molecule has 0 aromatic heterocycles. The van der Waals surface area contributed by atoms with Crippen LogP contribution in [0, 0.1) is 5.41 Å². The standard InChI is InChI=1S/C22H29N3O3/c1-5-15-13-17(9-12-19(15)28-14(3)4)20(22(26)27-6-2)25-18-10-7-16(8-11-18)21(23)24/h7-14,20,25H,5-6H2,1-4H3,(H3,23,24). The Morgan fingerprint density at radius 1 is 1.14 bits per heavy atom. The summed E-state index contributed by atoms with van der Waals surface area (Å²) in [6.45, 7) is 8.12. The molecular weight excluding hydrogens is 354 g/mol. The molecule has 1 unspecified atom stereocenters. The van der Waals surface area contributed by atoms with Crippen molar-refractivity contribution in [1.29, 1.82) is 5.41 Å². The highest BCUT2D eigenvalue weighted by molar-refractivity contribution is 5.95. The molecule has 0 radical (unpaired) electrons. The Hall–Kier alpha value is -3.02. The number of aryl methyl sites for hydroxylation is 1. The normalized spacial score (nSPS) is 11.8. The van der Waals surface area contributed by atoms with Gasteiger partial charge in [-0.05, 0) is 74.7 Å². The summed E-state index contributed by atoms with van der Waals surface area (Å²) in [6.07, 6.45) is 0.869. The molecule has 2 rings (SSSR count). The minimum atomic E-state index is -0.651. The van der Waals surface area contributed by atoms with E-state index < -0.39 is 6.04 Å². The van der Waals surface area contributed by atoms with Gasteiger partial charge in [-0.1, -0.05) is 13.0 Å². The second kappa shape index (κ2) is 9.78. The van der Waals surface area contributed by atoms with Crippen molar-refractivity contribution in [2.75, 3.05) is 11.9 Å². The number of hydrogen-bond acceptors (Lipinski definition) is 5. The van der Waals surface area contributed by atoms with Crippen LogP contribution in [0.2, 0.25) is 0 Å². The number of ether oxygens (including phenoxy) is 2. The lowest BCUT2D eigenvalue weighted by Gasteiger charge is -2.21. The van der Waals surface area contributed by atoms with E-state index >= 15 is 0 Å². The van der Waals surface area contributed by atoms with Crippen molar-refractivity contribution in [3.63, 3.8) is 0 Å². The zero-order valence-electron chi connectivity index (χ0n) is 16.9. The van der Waals surface area contributed by atoms with E-state index in [1.807, 2.05) is 32.0 Å². The van der Waals surface area contributed by atoms with Crippen LogP contribution in [0.1, 0.15) is 50.4 Å². The number of nitrogens with one attached hydrogen (secondary N) is 2. The van der Waals surface area contributed by atoms with Gasteiger partial charge in [-0.2, -0.15) is 0 Å². The number of nitrogen functional groups attached to an aromatic ring is 1. The smallest absolute Gasteiger partial charge is 0.333 e. The van der Waals surface area contributed by atoms with Crippen LogP contribution in [0.3, 0.4) is 0 Å². The molecule has 1 atom stereocenters. The summed E-state index contributed by atoms with van der Waals surface area (Å²) in [4.78, 5) is 12.6. The van der Waals surface area contributed by atoms with E-state index in [4.69, 9.17) is 20.6 Å². The molecule has 0 aliphatic rings. The zero-order valence-corrected chi connectivity index (χ0v) is 16.9. The van der Waals surface area contributed by atoms with E-state index in [-0.39, 0.29) is 17.9 Å². The Balaban J connectivity index is 2.34. The molecule has 6 nitrogen and oxygen atoms in total. The number of esters is 1. The Morgan fingerprint density at radius 2 is 1.82 bits per heavy atom. The van der Waals surface area contributed by atoms with Gasteiger partial charge in [0.15, 0.2) is 6.04 Å². The van der Waals surface area contributed by atoms with Crippen LogP contribution >= 0.6 is 0 Å². The zero-order chi connectivity index (χ0) is 20.7. The lowest BCUT2D eigenvalue weighted by molar-refractivity contribution is -0.144. The van der Waals surface area contributed by atoms with E-state index in [0.717, 1.165) is 29.0 Å². The van der Waals surface area contributed by atoms with E-state index in [1.165, 1.54) is 0 Å². The molecule has 6 heteroatoms. The molecular formula is C22H29N3O3. The summed E-state index contributed by atoms with van der Waals surface area (Å²) in [5.74, 6) is 0.481. The Morgan fingerprint density at radius 3 is 2.36 bits per heavy atom. The average molecular weight is 383 g/mol. The summed E-state index contributed by atoms with van der Waals surface area (Å²) in [5.41, 5.74) is 8.71. The maximum absolute atomic E-state index is 12.6. The van der Waals surface area contributed by atoms with Crippen molar-refractivity contribution in [2.45, 2.75) is 46.3 Å². The molecule has 4 N–H and O–H groups in total. The molecule has 0 saturated heterocycles. The third kappa shape index (κ3) is 5.49.